The summed E-state index contributed by atoms with van der Waals surface area (Å²) in [7, 11) is 1.57. The maximum atomic E-state index is 11.9. The molecule has 0 saturated carbocycles. The minimum Gasteiger partial charge on any atom is -0.294 e. The largest absolute Gasteiger partial charge is 0.329 e. The number of rotatable bonds is 0. The second kappa shape index (κ2) is 3.31. The number of nitrogens with one attached hydrogen (secondary N) is 2. The summed E-state index contributed by atoms with van der Waals surface area (Å²) in [6, 6.07) is -0.0788. The SMILES string of the molecule is CC1=NNc2nc3c(c(=O)[nH]c(=O)n3C)n2[C@H]1C. The fourth-order valence-electron chi connectivity index (χ4n) is 2.08. The molecule has 2 N–H and O–H groups in total. The molecule has 94 valence electrons. The molecule has 0 aromatic carbocycles. The molecule has 0 unspecified atom stereocenters. The van der Waals surface area contributed by atoms with E-state index in [0.29, 0.717) is 17.1 Å². The third kappa shape index (κ3) is 1.19. The van der Waals surface area contributed by atoms with Crippen LogP contribution in [-0.2, 0) is 7.05 Å². The van der Waals surface area contributed by atoms with Crippen molar-refractivity contribution < 1.29 is 0 Å². The first-order valence-electron chi connectivity index (χ1n) is 5.52. The predicted molar refractivity (Wildman–Crippen MR) is 67.0 cm³/mol. The number of anilines is 1. The first-order valence-corrected chi connectivity index (χ1v) is 5.52. The normalized spacial score (nSPS) is 18.4. The Kier molecular flexibility index (Phi) is 1.98. The number of imidazole rings is 1. The summed E-state index contributed by atoms with van der Waals surface area (Å²) in [4.78, 5) is 30.0. The zero-order valence-corrected chi connectivity index (χ0v) is 10.2. The Balaban J connectivity index is 2.49. The van der Waals surface area contributed by atoms with Crippen LogP contribution < -0.4 is 16.7 Å². The Labute approximate surface area is 101 Å². The van der Waals surface area contributed by atoms with E-state index in [1.54, 1.807) is 11.6 Å². The van der Waals surface area contributed by atoms with Gasteiger partial charge in [0.15, 0.2) is 11.2 Å². The third-order valence-electron chi connectivity index (χ3n) is 3.27. The van der Waals surface area contributed by atoms with Crippen molar-refractivity contribution in [3.05, 3.63) is 20.8 Å². The minimum absolute atomic E-state index is 0.0788. The van der Waals surface area contributed by atoms with Crippen molar-refractivity contribution in [3.63, 3.8) is 0 Å². The number of hydrazone groups is 1. The average molecular weight is 248 g/mol. The lowest BCUT2D eigenvalue weighted by Crippen LogP contribution is -2.30. The van der Waals surface area contributed by atoms with Gasteiger partial charge in [0.2, 0.25) is 5.95 Å². The number of aromatic nitrogens is 4. The standard InChI is InChI=1S/C10H12N6O2/c1-4-5(2)16-6-7(11-9(16)14-13-4)15(3)10(18)12-8(6)17/h5H,1-3H3,(H,11,14)(H,12,17,18)/t5-/m0/s1. The molecule has 0 radical (unpaired) electrons. The van der Waals surface area contributed by atoms with Gasteiger partial charge in [-0.1, -0.05) is 0 Å². The summed E-state index contributed by atoms with van der Waals surface area (Å²) in [6.45, 7) is 3.79. The second-order valence-electron chi connectivity index (χ2n) is 4.34. The molecule has 0 spiro atoms. The highest BCUT2D eigenvalue weighted by Gasteiger charge is 2.24. The molecule has 0 fully saturated rings. The number of H-pyrrole nitrogens is 1. The number of nitrogens with zero attached hydrogens (tertiary/aromatic N) is 4. The molecule has 0 aliphatic carbocycles. The molecule has 1 aliphatic heterocycles. The van der Waals surface area contributed by atoms with Gasteiger partial charge in [-0.3, -0.25) is 18.9 Å². The zero-order chi connectivity index (χ0) is 13.0. The Morgan fingerprint density at radius 1 is 1.33 bits per heavy atom. The van der Waals surface area contributed by atoms with Crippen LogP contribution in [0.4, 0.5) is 5.95 Å². The van der Waals surface area contributed by atoms with E-state index in [-0.39, 0.29) is 6.04 Å². The van der Waals surface area contributed by atoms with Gasteiger partial charge in [-0.15, -0.1) is 0 Å². The quantitative estimate of drug-likeness (QED) is 0.673. The molecule has 3 heterocycles. The Morgan fingerprint density at radius 2 is 2.06 bits per heavy atom. The van der Waals surface area contributed by atoms with Crippen molar-refractivity contribution in [2.45, 2.75) is 19.9 Å². The van der Waals surface area contributed by atoms with Gasteiger partial charge in [0.05, 0.1) is 11.8 Å². The molecule has 1 atom stereocenters. The zero-order valence-electron chi connectivity index (χ0n) is 10.2. The van der Waals surface area contributed by atoms with Crippen LogP contribution in [0.5, 0.6) is 0 Å². The number of aromatic amines is 1. The maximum absolute atomic E-state index is 11.9. The van der Waals surface area contributed by atoms with Crippen molar-refractivity contribution in [2.75, 3.05) is 5.43 Å². The maximum Gasteiger partial charge on any atom is 0.329 e. The molecule has 3 rings (SSSR count). The first-order chi connectivity index (χ1) is 8.50. The van der Waals surface area contributed by atoms with Crippen LogP contribution in [0.15, 0.2) is 14.7 Å². The highest BCUT2D eigenvalue weighted by molar-refractivity contribution is 5.90. The summed E-state index contributed by atoms with van der Waals surface area (Å²) in [5, 5.41) is 4.11. The van der Waals surface area contributed by atoms with E-state index in [0.717, 1.165) is 5.71 Å². The van der Waals surface area contributed by atoms with Gasteiger partial charge in [0, 0.05) is 7.05 Å². The molecular formula is C10H12N6O2. The topological polar surface area (TPSA) is 97.1 Å². The molecule has 0 amide bonds. The molecule has 1 aliphatic rings. The summed E-state index contributed by atoms with van der Waals surface area (Å²) < 4.78 is 3.06. The van der Waals surface area contributed by atoms with E-state index in [2.05, 4.69) is 20.5 Å². The molecule has 8 nitrogen and oxygen atoms in total. The summed E-state index contributed by atoms with van der Waals surface area (Å²) in [6.07, 6.45) is 0. The van der Waals surface area contributed by atoms with Crippen LogP contribution in [-0.4, -0.2) is 24.8 Å². The lowest BCUT2D eigenvalue weighted by atomic mass is 10.2. The highest BCUT2D eigenvalue weighted by Crippen LogP contribution is 2.25. The molecule has 0 saturated heterocycles. The van der Waals surface area contributed by atoms with Crippen LogP contribution in [0.2, 0.25) is 0 Å². The van der Waals surface area contributed by atoms with Gasteiger partial charge in [-0.25, -0.2) is 10.2 Å². The number of hydrogen-bond acceptors (Lipinski definition) is 5. The van der Waals surface area contributed by atoms with Gasteiger partial charge in [-0.2, -0.15) is 10.1 Å². The van der Waals surface area contributed by atoms with Gasteiger partial charge in [0.1, 0.15) is 0 Å². The van der Waals surface area contributed by atoms with Crippen molar-refractivity contribution in [2.24, 2.45) is 12.1 Å². The third-order valence-corrected chi connectivity index (χ3v) is 3.27. The van der Waals surface area contributed by atoms with Crippen LogP contribution in [0, 0.1) is 0 Å². The summed E-state index contributed by atoms with van der Waals surface area (Å²) in [5.74, 6) is 0.467. The minimum atomic E-state index is -0.478. The first kappa shape index (κ1) is 10.8. The van der Waals surface area contributed by atoms with Gasteiger partial charge in [0.25, 0.3) is 5.56 Å². The molecule has 0 bridgehead atoms. The van der Waals surface area contributed by atoms with Gasteiger partial charge >= 0.3 is 5.69 Å². The highest BCUT2D eigenvalue weighted by atomic mass is 16.2. The van der Waals surface area contributed by atoms with Gasteiger partial charge in [-0.05, 0) is 13.8 Å². The number of hydrogen-bond donors (Lipinski definition) is 2. The average Bonchev–Trinajstić information content (AvgIpc) is 2.72. The van der Waals surface area contributed by atoms with E-state index in [1.165, 1.54) is 4.57 Å². The van der Waals surface area contributed by atoms with Crippen LogP contribution in [0.3, 0.4) is 0 Å². The van der Waals surface area contributed by atoms with E-state index in [9.17, 15) is 9.59 Å². The van der Waals surface area contributed by atoms with E-state index >= 15 is 0 Å². The van der Waals surface area contributed by atoms with Crippen LogP contribution >= 0.6 is 0 Å². The smallest absolute Gasteiger partial charge is 0.294 e. The number of aryl methyl sites for hydroxylation is 1. The monoisotopic (exact) mass is 248 g/mol. The molecular weight excluding hydrogens is 236 g/mol. The molecule has 18 heavy (non-hydrogen) atoms. The van der Waals surface area contributed by atoms with E-state index < -0.39 is 11.2 Å². The lowest BCUT2D eigenvalue weighted by molar-refractivity contribution is 0.695. The predicted octanol–water partition coefficient (Wildman–Crippen LogP) is -0.214. The Hall–Kier alpha value is -2.38. The fraction of sp³-hybridized carbons (Fsp3) is 0.400. The second-order valence-corrected chi connectivity index (χ2v) is 4.34. The summed E-state index contributed by atoms with van der Waals surface area (Å²) >= 11 is 0. The van der Waals surface area contributed by atoms with E-state index in [4.69, 9.17) is 0 Å². The van der Waals surface area contributed by atoms with Crippen molar-refractivity contribution in [3.8, 4) is 0 Å². The van der Waals surface area contributed by atoms with Crippen molar-refractivity contribution in [1.29, 1.82) is 0 Å². The molecule has 8 heteroatoms. The van der Waals surface area contributed by atoms with Crippen LogP contribution in [0.25, 0.3) is 11.2 Å². The fourth-order valence-corrected chi connectivity index (χ4v) is 2.08. The Bertz CT molecular complexity index is 793. The number of fused-ring (bicyclic) bond motifs is 3. The van der Waals surface area contributed by atoms with Crippen molar-refractivity contribution >= 4 is 22.8 Å². The summed E-state index contributed by atoms with van der Waals surface area (Å²) in [5.41, 5.74) is 3.43. The lowest BCUT2D eigenvalue weighted by Gasteiger charge is -2.20. The van der Waals surface area contributed by atoms with Gasteiger partial charge < -0.3 is 0 Å². The molecule has 2 aromatic rings. The van der Waals surface area contributed by atoms with Crippen molar-refractivity contribution in [1.82, 2.24) is 19.1 Å². The molecule has 2 aromatic heterocycles. The van der Waals surface area contributed by atoms with E-state index in [1.807, 2.05) is 13.8 Å². The van der Waals surface area contributed by atoms with Crippen LogP contribution in [0.1, 0.15) is 19.9 Å². The Morgan fingerprint density at radius 3 is 2.78 bits per heavy atom.